The molecule has 0 radical (unpaired) electrons. The molecule has 1 amide bonds. The molecule has 1 N–H and O–H groups in total. The lowest BCUT2D eigenvalue weighted by Gasteiger charge is -2.32. The van der Waals surface area contributed by atoms with E-state index < -0.39 is 0 Å². The Morgan fingerprint density at radius 2 is 1.77 bits per heavy atom. The molecule has 1 aromatic rings. The Hall–Kier alpha value is -1.88. The number of benzene rings is 1. The summed E-state index contributed by atoms with van der Waals surface area (Å²) in [4.78, 5) is 26.6. The Balaban J connectivity index is 1.37. The molecule has 142 valence electrons. The van der Waals surface area contributed by atoms with Gasteiger partial charge < -0.3 is 15.0 Å². The number of nitrogens with zero attached hydrogens (tertiary/aromatic N) is 1. The summed E-state index contributed by atoms with van der Waals surface area (Å²) in [5.41, 5.74) is 0.643. The Bertz CT molecular complexity index is 602. The van der Waals surface area contributed by atoms with Crippen molar-refractivity contribution in [2.75, 3.05) is 26.2 Å². The van der Waals surface area contributed by atoms with Gasteiger partial charge in [0.15, 0.2) is 5.78 Å². The Morgan fingerprint density at radius 3 is 2.38 bits per heavy atom. The van der Waals surface area contributed by atoms with Crippen molar-refractivity contribution < 1.29 is 14.3 Å². The topological polar surface area (TPSA) is 58.6 Å². The average Bonchev–Trinajstić information content (AvgIpc) is 3.50. The van der Waals surface area contributed by atoms with E-state index in [2.05, 4.69) is 5.32 Å². The van der Waals surface area contributed by atoms with Gasteiger partial charge in [-0.25, -0.2) is 0 Å². The molecular formula is C21H30N2O3. The van der Waals surface area contributed by atoms with E-state index in [-0.39, 0.29) is 18.1 Å². The van der Waals surface area contributed by atoms with Gasteiger partial charge in [-0.3, -0.25) is 9.59 Å². The number of hydrogen-bond acceptors (Lipinski definition) is 4. The van der Waals surface area contributed by atoms with Crippen molar-refractivity contribution in [2.24, 2.45) is 5.92 Å². The lowest BCUT2D eigenvalue weighted by Crippen LogP contribution is -2.45. The fraction of sp³-hybridized carbons (Fsp3) is 0.619. The predicted octanol–water partition coefficient (Wildman–Crippen LogP) is 3.04. The summed E-state index contributed by atoms with van der Waals surface area (Å²) in [5, 5.41) is 3.63. The van der Waals surface area contributed by atoms with Crippen LogP contribution in [0.25, 0.3) is 0 Å². The standard InChI is InChI=1S/C21H30N2O3/c1-2-26-19-7-5-17(6-8-19)20(24)9-10-21(25)23-13-11-18(12-14-23)22-15-16-3-4-16/h5-8,16,18,22H,2-4,9-15H2,1H3. The van der Waals surface area contributed by atoms with Crippen molar-refractivity contribution in [3.8, 4) is 5.75 Å². The molecule has 2 fully saturated rings. The Labute approximate surface area is 156 Å². The monoisotopic (exact) mass is 358 g/mol. The van der Waals surface area contributed by atoms with Gasteiger partial charge in [0.25, 0.3) is 0 Å². The minimum absolute atomic E-state index is 0.0161. The third-order valence-electron chi connectivity index (χ3n) is 5.29. The van der Waals surface area contributed by atoms with Crippen molar-refractivity contribution >= 4 is 11.7 Å². The first-order valence-electron chi connectivity index (χ1n) is 9.93. The molecule has 2 aliphatic rings. The van der Waals surface area contributed by atoms with Crippen LogP contribution in [0.3, 0.4) is 0 Å². The molecule has 1 saturated carbocycles. The van der Waals surface area contributed by atoms with E-state index in [4.69, 9.17) is 4.74 Å². The first-order chi connectivity index (χ1) is 12.7. The highest BCUT2D eigenvalue weighted by Crippen LogP contribution is 2.28. The molecule has 0 spiro atoms. The number of rotatable bonds is 9. The number of likely N-dealkylation sites (tertiary alicyclic amines) is 1. The fourth-order valence-electron chi connectivity index (χ4n) is 3.41. The molecule has 5 nitrogen and oxygen atoms in total. The van der Waals surface area contributed by atoms with Crippen LogP contribution in [0.1, 0.15) is 55.8 Å². The molecule has 1 heterocycles. The van der Waals surface area contributed by atoms with Gasteiger partial charge in [0.05, 0.1) is 6.61 Å². The first kappa shape index (κ1) is 18.9. The smallest absolute Gasteiger partial charge is 0.223 e. The summed E-state index contributed by atoms with van der Waals surface area (Å²) in [7, 11) is 0. The molecule has 3 rings (SSSR count). The molecule has 1 saturated heterocycles. The zero-order chi connectivity index (χ0) is 18.4. The number of carbonyl (C=O) groups is 2. The number of amides is 1. The van der Waals surface area contributed by atoms with Crippen LogP contribution < -0.4 is 10.1 Å². The second-order valence-electron chi connectivity index (χ2n) is 7.39. The van der Waals surface area contributed by atoms with Gasteiger partial charge in [-0.2, -0.15) is 0 Å². The van der Waals surface area contributed by atoms with Crippen LogP contribution in [-0.2, 0) is 4.79 Å². The van der Waals surface area contributed by atoms with E-state index in [0.717, 1.165) is 44.1 Å². The van der Waals surface area contributed by atoms with Crippen LogP contribution in [0, 0.1) is 5.92 Å². The highest BCUT2D eigenvalue weighted by molar-refractivity contribution is 5.98. The maximum absolute atomic E-state index is 12.4. The first-order valence-corrected chi connectivity index (χ1v) is 9.93. The molecule has 1 aliphatic heterocycles. The maximum atomic E-state index is 12.4. The second-order valence-corrected chi connectivity index (χ2v) is 7.39. The minimum atomic E-state index is 0.0161. The highest BCUT2D eigenvalue weighted by Gasteiger charge is 2.26. The molecule has 0 unspecified atom stereocenters. The fourth-order valence-corrected chi connectivity index (χ4v) is 3.41. The number of Topliss-reactive ketones (excluding diaryl/α,β-unsaturated/α-hetero) is 1. The number of nitrogens with one attached hydrogen (secondary N) is 1. The Morgan fingerprint density at radius 1 is 1.08 bits per heavy atom. The van der Waals surface area contributed by atoms with Crippen LogP contribution in [0.5, 0.6) is 5.75 Å². The average molecular weight is 358 g/mol. The van der Waals surface area contributed by atoms with Gasteiger partial charge in [-0.1, -0.05) is 0 Å². The number of ether oxygens (including phenoxy) is 1. The minimum Gasteiger partial charge on any atom is -0.494 e. The summed E-state index contributed by atoms with van der Waals surface area (Å²) < 4.78 is 5.38. The van der Waals surface area contributed by atoms with Gasteiger partial charge in [-0.15, -0.1) is 0 Å². The van der Waals surface area contributed by atoms with Gasteiger partial charge in [0, 0.05) is 37.5 Å². The zero-order valence-electron chi connectivity index (χ0n) is 15.7. The van der Waals surface area contributed by atoms with Gasteiger partial charge in [0.2, 0.25) is 5.91 Å². The van der Waals surface area contributed by atoms with Crippen LogP contribution in [0.4, 0.5) is 0 Å². The number of carbonyl (C=O) groups excluding carboxylic acids is 2. The van der Waals surface area contributed by atoms with E-state index >= 15 is 0 Å². The van der Waals surface area contributed by atoms with Crippen LogP contribution in [-0.4, -0.2) is 48.9 Å². The van der Waals surface area contributed by atoms with Crippen molar-refractivity contribution in [3.63, 3.8) is 0 Å². The molecule has 1 aromatic carbocycles. The predicted molar refractivity (Wildman–Crippen MR) is 102 cm³/mol. The maximum Gasteiger partial charge on any atom is 0.223 e. The number of hydrogen-bond donors (Lipinski definition) is 1. The molecule has 0 bridgehead atoms. The van der Waals surface area contributed by atoms with Gasteiger partial charge in [-0.05, 0) is 69.3 Å². The Kier molecular flexibility index (Phi) is 6.67. The number of piperidine rings is 1. The number of ketones is 1. The van der Waals surface area contributed by atoms with Crippen molar-refractivity contribution in [3.05, 3.63) is 29.8 Å². The largest absolute Gasteiger partial charge is 0.494 e. The van der Waals surface area contributed by atoms with Crippen molar-refractivity contribution in [1.82, 2.24) is 10.2 Å². The van der Waals surface area contributed by atoms with Gasteiger partial charge >= 0.3 is 0 Å². The lowest BCUT2D eigenvalue weighted by atomic mass is 10.0. The van der Waals surface area contributed by atoms with E-state index in [1.165, 1.54) is 12.8 Å². The highest BCUT2D eigenvalue weighted by atomic mass is 16.5. The third-order valence-corrected chi connectivity index (χ3v) is 5.29. The third kappa shape index (κ3) is 5.56. The quantitative estimate of drug-likeness (QED) is 0.690. The van der Waals surface area contributed by atoms with E-state index in [0.29, 0.717) is 24.6 Å². The summed E-state index contributed by atoms with van der Waals surface area (Å²) in [5.74, 6) is 1.77. The summed E-state index contributed by atoms with van der Waals surface area (Å²) in [6, 6.07) is 7.70. The molecular weight excluding hydrogens is 328 g/mol. The van der Waals surface area contributed by atoms with Crippen LogP contribution in [0.2, 0.25) is 0 Å². The second kappa shape index (κ2) is 9.17. The normalized spacial score (nSPS) is 18.0. The molecule has 26 heavy (non-hydrogen) atoms. The molecule has 1 aliphatic carbocycles. The van der Waals surface area contributed by atoms with Crippen molar-refractivity contribution in [2.45, 2.75) is 51.5 Å². The van der Waals surface area contributed by atoms with Gasteiger partial charge in [0.1, 0.15) is 5.75 Å². The summed E-state index contributed by atoms with van der Waals surface area (Å²) in [6.07, 6.45) is 5.34. The van der Waals surface area contributed by atoms with Crippen molar-refractivity contribution in [1.29, 1.82) is 0 Å². The lowest BCUT2D eigenvalue weighted by molar-refractivity contribution is -0.132. The van der Waals surface area contributed by atoms with E-state index in [9.17, 15) is 9.59 Å². The van der Waals surface area contributed by atoms with Crippen LogP contribution >= 0.6 is 0 Å². The van der Waals surface area contributed by atoms with E-state index in [1.54, 1.807) is 24.3 Å². The SMILES string of the molecule is CCOc1ccc(C(=O)CCC(=O)N2CCC(NCC3CC3)CC2)cc1. The zero-order valence-corrected chi connectivity index (χ0v) is 15.7. The molecule has 5 heteroatoms. The van der Waals surface area contributed by atoms with E-state index in [1.807, 2.05) is 11.8 Å². The molecule has 0 atom stereocenters. The summed E-state index contributed by atoms with van der Waals surface area (Å²) >= 11 is 0. The molecule has 0 aromatic heterocycles. The van der Waals surface area contributed by atoms with Crippen LogP contribution in [0.15, 0.2) is 24.3 Å². The summed E-state index contributed by atoms with van der Waals surface area (Å²) in [6.45, 7) is 5.28.